The number of aliphatic hydroxyl groups is 1. The normalized spacial score (nSPS) is 12.1. The van der Waals surface area contributed by atoms with Crippen LogP contribution in [0.2, 0.25) is 0 Å². The third-order valence-corrected chi connectivity index (χ3v) is 4.55. The average molecular weight is 403 g/mol. The Labute approximate surface area is 167 Å². The molecule has 0 bridgehead atoms. The number of hydrogen-bond donors (Lipinski definition) is 5. The van der Waals surface area contributed by atoms with E-state index in [0.29, 0.717) is 41.6 Å². The molecule has 5 N–H and O–H groups in total. The molecule has 29 heavy (non-hydrogen) atoms. The Bertz CT molecular complexity index is 965. The summed E-state index contributed by atoms with van der Waals surface area (Å²) in [7, 11) is 1.45. The molecule has 1 atom stereocenters. The van der Waals surface area contributed by atoms with Crippen LogP contribution in [0.1, 0.15) is 25.8 Å². The predicted octanol–water partition coefficient (Wildman–Crippen LogP) is 1.46. The van der Waals surface area contributed by atoms with Gasteiger partial charge in [0.15, 0.2) is 17.0 Å². The number of fused-ring (bicyclic) bond motifs is 1. The van der Waals surface area contributed by atoms with E-state index in [-0.39, 0.29) is 36.3 Å². The summed E-state index contributed by atoms with van der Waals surface area (Å²) in [5.74, 6) is 0.837. The van der Waals surface area contributed by atoms with E-state index in [2.05, 4.69) is 30.9 Å². The van der Waals surface area contributed by atoms with E-state index in [9.17, 15) is 15.3 Å². The van der Waals surface area contributed by atoms with Gasteiger partial charge in [-0.15, -0.1) is 5.10 Å². The molecule has 0 saturated heterocycles. The number of nitrogens with one attached hydrogen (secondary N) is 2. The molecule has 0 spiro atoms. The molecule has 11 heteroatoms. The van der Waals surface area contributed by atoms with Crippen molar-refractivity contribution < 1.29 is 20.1 Å². The maximum atomic E-state index is 10.2. The molecule has 2 heterocycles. The van der Waals surface area contributed by atoms with E-state index in [0.717, 1.165) is 0 Å². The van der Waals surface area contributed by atoms with Crippen molar-refractivity contribution in [3.8, 4) is 17.2 Å². The Morgan fingerprint density at radius 1 is 1.17 bits per heavy atom. The standard InChI is InChI=1S/C18H25N7O4/c1-4-10(9-26)20-18-21-16(15-17(22-18)25(5-2)24-23-15)19-8-12-13(27)6-11(29-3)7-14(12)28/h6-7,10,26-28H,4-5,8-9H2,1-3H3,(H2,19,20,21,22). The minimum Gasteiger partial charge on any atom is -0.507 e. The number of aliphatic hydroxyl groups excluding tert-OH is 1. The van der Waals surface area contributed by atoms with Crippen molar-refractivity contribution in [1.29, 1.82) is 0 Å². The minimum atomic E-state index is -0.194. The SMILES string of the molecule is CCC(CO)Nc1nc(NCc2c(O)cc(OC)cc2O)c2nnn(CC)c2n1. The van der Waals surface area contributed by atoms with Crippen molar-refractivity contribution in [3.63, 3.8) is 0 Å². The van der Waals surface area contributed by atoms with Crippen LogP contribution in [0.25, 0.3) is 11.2 Å². The van der Waals surface area contributed by atoms with Crippen molar-refractivity contribution in [2.75, 3.05) is 24.4 Å². The van der Waals surface area contributed by atoms with Gasteiger partial charge in [-0.3, -0.25) is 0 Å². The van der Waals surface area contributed by atoms with Crippen LogP contribution < -0.4 is 15.4 Å². The van der Waals surface area contributed by atoms with E-state index < -0.39 is 0 Å². The summed E-state index contributed by atoms with van der Waals surface area (Å²) in [6.07, 6.45) is 0.694. The first-order chi connectivity index (χ1) is 14.0. The van der Waals surface area contributed by atoms with Gasteiger partial charge in [0.25, 0.3) is 0 Å². The predicted molar refractivity (Wildman–Crippen MR) is 107 cm³/mol. The summed E-state index contributed by atoms with van der Waals surface area (Å²) in [6.45, 7) is 4.47. The van der Waals surface area contributed by atoms with Crippen LogP contribution in [0, 0.1) is 0 Å². The van der Waals surface area contributed by atoms with E-state index in [1.807, 2.05) is 13.8 Å². The maximum Gasteiger partial charge on any atom is 0.227 e. The minimum absolute atomic E-state index is 0.0560. The van der Waals surface area contributed by atoms with Crippen LogP contribution >= 0.6 is 0 Å². The van der Waals surface area contributed by atoms with Gasteiger partial charge in [0.05, 0.1) is 25.3 Å². The molecule has 0 saturated carbocycles. The average Bonchev–Trinajstić information content (AvgIpc) is 3.14. The van der Waals surface area contributed by atoms with Crippen LogP contribution in [-0.4, -0.2) is 60.0 Å². The van der Waals surface area contributed by atoms with Crippen molar-refractivity contribution in [3.05, 3.63) is 17.7 Å². The van der Waals surface area contributed by atoms with Crippen LogP contribution in [0.5, 0.6) is 17.2 Å². The number of aromatic hydroxyl groups is 2. The van der Waals surface area contributed by atoms with Crippen LogP contribution in [0.4, 0.5) is 11.8 Å². The quantitative estimate of drug-likeness (QED) is 0.355. The second-order valence-corrected chi connectivity index (χ2v) is 6.40. The second-order valence-electron chi connectivity index (χ2n) is 6.40. The summed E-state index contributed by atoms with van der Waals surface area (Å²) in [6, 6.07) is 2.64. The van der Waals surface area contributed by atoms with E-state index >= 15 is 0 Å². The molecule has 3 aromatic rings. The highest BCUT2D eigenvalue weighted by atomic mass is 16.5. The molecule has 0 aliphatic heterocycles. The van der Waals surface area contributed by atoms with Crippen LogP contribution in [0.3, 0.4) is 0 Å². The Morgan fingerprint density at radius 2 is 1.90 bits per heavy atom. The number of rotatable bonds is 9. The number of anilines is 2. The van der Waals surface area contributed by atoms with Gasteiger partial charge in [0, 0.05) is 25.2 Å². The fourth-order valence-corrected chi connectivity index (χ4v) is 2.80. The number of phenolic OH excluding ortho intramolecular Hbond substituents is 2. The maximum absolute atomic E-state index is 10.2. The zero-order valence-electron chi connectivity index (χ0n) is 16.5. The first-order valence-electron chi connectivity index (χ1n) is 9.31. The molecule has 2 aromatic heterocycles. The van der Waals surface area contributed by atoms with Gasteiger partial charge in [-0.05, 0) is 13.3 Å². The first-order valence-corrected chi connectivity index (χ1v) is 9.31. The summed E-state index contributed by atoms with van der Waals surface area (Å²) in [5, 5.41) is 44.2. The molecule has 0 aliphatic carbocycles. The van der Waals surface area contributed by atoms with E-state index in [1.54, 1.807) is 4.68 Å². The Hall–Kier alpha value is -3.34. The molecule has 1 aromatic carbocycles. The molecule has 0 radical (unpaired) electrons. The van der Waals surface area contributed by atoms with Gasteiger partial charge in [0.1, 0.15) is 17.2 Å². The lowest BCUT2D eigenvalue weighted by Crippen LogP contribution is -2.24. The van der Waals surface area contributed by atoms with E-state index in [1.165, 1.54) is 19.2 Å². The topological polar surface area (TPSA) is 150 Å². The number of phenols is 2. The first kappa shape index (κ1) is 20.4. The zero-order valence-corrected chi connectivity index (χ0v) is 16.5. The molecule has 0 amide bonds. The molecular formula is C18H25N7O4. The highest BCUT2D eigenvalue weighted by Gasteiger charge is 2.17. The van der Waals surface area contributed by atoms with Crippen LogP contribution in [-0.2, 0) is 13.1 Å². The molecular weight excluding hydrogens is 378 g/mol. The fraction of sp³-hybridized carbons (Fsp3) is 0.444. The lowest BCUT2D eigenvalue weighted by atomic mass is 10.1. The Morgan fingerprint density at radius 3 is 2.48 bits per heavy atom. The Balaban J connectivity index is 1.95. The lowest BCUT2D eigenvalue weighted by molar-refractivity contribution is 0.271. The summed E-state index contributed by atoms with van der Waals surface area (Å²) < 4.78 is 6.66. The molecule has 156 valence electrons. The largest absolute Gasteiger partial charge is 0.507 e. The van der Waals surface area contributed by atoms with Gasteiger partial charge in [0.2, 0.25) is 5.95 Å². The number of methoxy groups -OCH3 is 1. The number of aryl methyl sites for hydroxylation is 1. The highest BCUT2D eigenvalue weighted by Crippen LogP contribution is 2.33. The van der Waals surface area contributed by atoms with Crippen molar-refractivity contribution >= 4 is 22.9 Å². The molecule has 11 nitrogen and oxygen atoms in total. The van der Waals surface area contributed by atoms with Crippen molar-refractivity contribution in [2.45, 2.75) is 39.4 Å². The zero-order chi connectivity index (χ0) is 21.0. The van der Waals surface area contributed by atoms with Gasteiger partial charge >= 0.3 is 0 Å². The third kappa shape index (κ3) is 4.24. The van der Waals surface area contributed by atoms with Gasteiger partial charge in [-0.1, -0.05) is 12.1 Å². The van der Waals surface area contributed by atoms with Crippen LogP contribution in [0.15, 0.2) is 12.1 Å². The highest BCUT2D eigenvalue weighted by molar-refractivity contribution is 5.83. The van der Waals surface area contributed by atoms with Gasteiger partial charge in [-0.2, -0.15) is 9.97 Å². The number of hydrogen-bond acceptors (Lipinski definition) is 10. The van der Waals surface area contributed by atoms with Gasteiger partial charge in [-0.25, -0.2) is 4.68 Å². The lowest BCUT2D eigenvalue weighted by Gasteiger charge is -2.15. The third-order valence-electron chi connectivity index (χ3n) is 4.55. The molecule has 0 fully saturated rings. The summed E-state index contributed by atoms with van der Waals surface area (Å²) >= 11 is 0. The number of nitrogens with zero attached hydrogens (tertiary/aromatic N) is 5. The van der Waals surface area contributed by atoms with Gasteiger partial charge < -0.3 is 30.7 Å². The van der Waals surface area contributed by atoms with Crippen molar-refractivity contribution in [1.82, 2.24) is 25.0 Å². The summed E-state index contributed by atoms with van der Waals surface area (Å²) in [4.78, 5) is 8.91. The van der Waals surface area contributed by atoms with Crippen molar-refractivity contribution in [2.24, 2.45) is 0 Å². The molecule has 0 aliphatic rings. The Kier molecular flexibility index (Phi) is 6.17. The number of aromatic nitrogens is 5. The molecule has 3 rings (SSSR count). The number of benzene rings is 1. The monoisotopic (exact) mass is 403 g/mol. The fourth-order valence-electron chi connectivity index (χ4n) is 2.80. The molecule has 1 unspecified atom stereocenters. The van der Waals surface area contributed by atoms with E-state index in [4.69, 9.17) is 4.74 Å². The summed E-state index contributed by atoms with van der Waals surface area (Å²) in [5.41, 5.74) is 1.28. The second kappa shape index (κ2) is 8.78. The smallest absolute Gasteiger partial charge is 0.227 e. The number of ether oxygens (including phenoxy) is 1.